The first-order valence-electron chi connectivity index (χ1n) is 7.82. The van der Waals surface area contributed by atoms with Crippen molar-refractivity contribution < 1.29 is 0 Å². The van der Waals surface area contributed by atoms with Crippen LogP contribution in [-0.2, 0) is 0 Å². The molecule has 0 radical (unpaired) electrons. The lowest BCUT2D eigenvalue weighted by Gasteiger charge is -2.07. The van der Waals surface area contributed by atoms with Crippen LogP contribution in [0.2, 0.25) is 0 Å². The summed E-state index contributed by atoms with van der Waals surface area (Å²) < 4.78 is 2.23. The van der Waals surface area contributed by atoms with Gasteiger partial charge in [0.1, 0.15) is 0 Å². The molecular weight excluding hydrogens is 424 g/mol. The second-order valence-electron chi connectivity index (χ2n) is 6.23. The molecule has 24 heavy (non-hydrogen) atoms. The molecule has 0 aliphatic rings. The topological polar surface area (TPSA) is 0 Å². The molecular formula is C22H12Br2. The summed E-state index contributed by atoms with van der Waals surface area (Å²) in [6.07, 6.45) is 0. The fourth-order valence-corrected chi connectivity index (χ4v) is 4.20. The predicted octanol–water partition coefficient (Wildman–Crippen LogP) is 7.82. The Morgan fingerprint density at radius 1 is 0.333 bits per heavy atom. The minimum Gasteiger partial charge on any atom is -0.0532 e. The van der Waals surface area contributed by atoms with Crippen molar-refractivity contribution in [1.29, 1.82) is 0 Å². The lowest BCUT2D eigenvalue weighted by atomic mass is 9.97. The van der Waals surface area contributed by atoms with Gasteiger partial charge in [0.25, 0.3) is 0 Å². The highest BCUT2D eigenvalue weighted by Gasteiger charge is 2.04. The molecule has 0 aliphatic carbocycles. The van der Waals surface area contributed by atoms with Crippen molar-refractivity contribution in [3.63, 3.8) is 0 Å². The van der Waals surface area contributed by atoms with E-state index in [1.165, 1.54) is 43.1 Å². The Hall–Kier alpha value is -1.90. The van der Waals surface area contributed by atoms with Crippen molar-refractivity contribution in [3.8, 4) is 0 Å². The van der Waals surface area contributed by atoms with Gasteiger partial charge in [-0.25, -0.2) is 0 Å². The van der Waals surface area contributed by atoms with Crippen LogP contribution in [0.1, 0.15) is 0 Å². The number of fused-ring (bicyclic) bond motifs is 4. The van der Waals surface area contributed by atoms with E-state index in [2.05, 4.69) is 105 Å². The lowest BCUT2D eigenvalue weighted by molar-refractivity contribution is 1.72. The van der Waals surface area contributed by atoms with Crippen molar-refractivity contribution in [1.82, 2.24) is 0 Å². The Labute approximate surface area is 156 Å². The molecule has 5 rings (SSSR count). The quantitative estimate of drug-likeness (QED) is 0.217. The first-order chi connectivity index (χ1) is 11.7. The summed E-state index contributed by atoms with van der Waals surface area (Å²) in [5.41, 5.74) is 0. The minimum atomic E-state index is 1.12. The third-order valence-corrected chi connectivity index (χ3v) is 5.62. The zero-order chi connectivity index (χ0) is 16.3. The molecule has 0 aliphatic heterocycles. The van der Waals surface area contributed by atoms with Gasteiger partial charge in [-0.1, -0.05) is 44.0 Å². The Balaban J connectivity index is 1.88. The number of benzene rings is 5. The van der Waals surface area contributed by atoms with Crippen molar-refractivity contribution in [2.75, 3.05) is 0 Å². The first-order valence-corrected chi connectivity index (χ1v) is 9.40. The van der Waals surface area contributed by atoms with Crippen LogP contribution in [0.4, 0.5) is 0 Å². The Morgan fingerprint density at radius 3 is 1.00 bits per heavy atom. The third kappa shape index (κ3) is 2.33. The molecule has 0 saturated heterocycles. The van der Waals surface area contributed by atoms with Gasteiger partial charge in [-0.15, -0.1) is 0 Å². The number of halogens is 2. The van der Waals surface area contributed by atoms with Crippen LogP contribution in [0.3, 0.4) is 0 Å². The van der Waals surface area contributed by atoms with Gasteiger partial charge in [0.15, 0.2) is 0 Å². The molecule has 0 atom stereocenters. The van der Waals surface area contributed by atoms with E-state index in [0.717, 1.165) is 8.95 Å². The molecule has 0 spiro atoms. The van der Waals surface area contributed by atoms with E-state index >= 15 is 0 Å². The summed E-state index contributed by atoms with van der Waals surface area (Å²) in [6, 6.07) is 26.6. The Bertz CT molecular complexity index is 1170. The van der Waals surface area contributed by atoms with Crippen LogP contribution in [-0.4, -0.2) is 0 Å². The Kier molecular flexibility index (Phi) is 3.19. The molecule has 0 nitrogen and oxygen atoms in total. The summed E-state index contributed by atoms with van der Waals surface area (Å²) in [5.74, 6) is 0. The molecule has 0 saturated carbocycles. The van der Waals surface area contributed by atoms with Gasteiger partial charge < -0.3 is 0 Å². The molecule has 0 fully saturated rings. The van der Waals surface area contributed by atoms with Gasteiger partial charge in [0.05, 0.1) is 0 Å². The maximum Gasteiger partial charge on any atom is 0.0181 e. The zero-order valence-electron chi connectivity index (χ0n) is 12.7. The summed E-state index contributed by atoms with van der Waals surface area (Å²) in [7, 11) is 0. The highest BCUT2D eigenvalue weighted by molar-refractivity contribution is 9.10. The molecule has 0 aromatic heterocycles. The summed E-state index contributed by atoms with van der Waals surface area (Å²) in [4.78, 5) is 0. The number of rotatable bonds is 0. The standard InChI is InChI=1S/C22H12Br2/c23-21-3-1-13-5-15-7-18-10-20-12-22(24)4-2-14(20)6-16(18)8-17(15)9-19(13)11-21/h1-12H. The van der Waals surface area contributed by atoms with Crippen LogP contribution < -0.4 is 0 Å². The van der Waals surface area contributed by atoms with E-state index in [-0.39, 0.29) is 0 Å². The van der Waals surface area contributed by atoms with E-state index in [0.29, 0.717) is 0 Å². The summed E-state index contributed by atoms with van der Waals surface area (Å²) >= 11 is 7.13. The maximum atomic E-state index is 3.57. The van der Waals surface area contributed by atoms with Crippen LogP contribution in [0, 0.1) is 0 Å². The van der Waals surface area contributed by atoms with E-state index in [1.807, 2.05) is 0 Å². The molecule has 0 amide bonds. The molecule has 2 heteroatoms. The van der Waals surface area contributed by atoms with Crippen molar-refractivity contribution in [3.05, 3.63) is 81.7 Å². The largest absolute Gasteiger partial charge is 0.0532 e. The van der Waals surface area contributed by atoms with Gasteiger partial charge in [-0.05, 0) is 104 Å². The monoisotopic (exact) mass is 434 g/mol. The van der Waals surface area contributed by atoms with E-state index in [4.69, 9.17) is 0 Å². The van der Waals surface area contributed by atoms with Crippen LogP contribution in [0.15, 0.2) is 81.7 Å². The smallest absolute Gasteiger partial charge is 0.0181 e. The van der Waals surface area contributed by atoms with E-state index in [1.54, 1.807) is 0 Å². The average Bonchev–Trinajstić information content (AvgIpc) is 2.56. The van der Waals surface area contributed by atoms with Crippen molar-refractivity contribution >= 4 is 74.9 Å². The normalized spacial score (nSPS) is 11.8. The highest BCUT2D eigenvalue weighted by Crippen LogP contribution is 2.31. The third-order valence-electron chi connectivity index (χ3n) is 4.63. The Morgan fingerprint density at radius 2 is 0.625 bits per heavy atom. The van der Waals surface area contributed by atoms with E-state index in [9.17, 15) is 0 Å². The second-order valence-corrected chi connectivity index (χ2v) is 8.07. The van der Waals surface area contributed by atoms with Gasteiger partial charge in [0.2, 0.25) is 0 Å². The number of hydrogen-bond donors (Lipinski definition) is 0. The summed E-state index contributed by atoms with van der Waals surface area (Å²) in [6.45, 7) is 0. The molecule has 0 bridgehead atoms. The first kappa shape index (κ1) is 14.4. The molecule has 5 aromatic rings. The molecule has 5 aromatic carbocycles. The van der Waals surface area contributed by atoms with Crippen LogP contribution in [0.25, 0.3) is 43.1 Å². The van der Waals surface area contributed by atoms with Crippen molar-refractivity contribution in [2.24, 2.45) is 0 Å². The predicted molar refractivity (Wildman–Crippen MR) is 112 cm³/mol. The maximum absolute atomic E-state index is 3.57. The van der Waals surface area contributed by atoms with E-state index < -0.39 is 0 Å². The molecule has 0 heterocycles. The van der Waals surface area contributed by atoms with Gasteiger partial charge in [-0.3, -0.25) is 0 Å². The highest BCUT2D eigenvalue weighted by atomic mass is 79.9. The molecule has 0 N–H and O–H groups in total. The summed E-state index contributed by atoms with van der Waals surface area (Å²) in [5, 5.41) is 10.2. The van der Waals surface area contributed by atoms with Gasteiger partial charge in [-0.2, -0.15) is 0 Å². The fraction of sp³-hybridized carbons (Fsp3) is 0. The number of hydrogen-bond acceptors (Lipinski definition) is 0. The zero-order valence-corrected chi connectivity index (χ0v) is 15.9. The average molecular weight is 436 g/mol. The van der Waals surface area contributed by atoms with Gasteiger partial charge in [0, 0.05) is 8.95 Å². The fourth-order valence-electron chi connectivity index (χ4n) is 3.44. The van der Waals surface area contributed by atoms with Crippen molar-refractivity contribution in [2.45, 2.75) is 0 Å². The van der Waals surface area contributed by atoms with Gasteiger partial charge >= 0.3 is 0 Å². The van der Waals surface area contributed by atoms with Crippen LogP contribution >= 0.6 is 31.9 Å². The minimum absolute atomic E-state index is 1.12. The lowest BCUT2D eigenvalue weighted by Crippen LogP contribution is -1.81. The molecule has 0 unspecified atom stereocenters. The second kappa shape index (κ2) is 5.30. The molecule has 114 valence electrons. The SMILES string of the molecule is Brc1ccc2cc3cc4cc5cc(Br)ccc5cc4cc3cc2c1. The van der Waals surface area contributed by atoms with Crippen LogP contribution in [0.5, 0.6) is 0 Å².